The number of carbonyl (C=O) groups is 1. The van der Waals surface area contributed by atoms with E-state index in [2.05, 4.69) is 27.1 Å². The van der Waals surface area contributed by atoms with Crippen LogP contribution < -0.4 is 16.3 Å². The highest BCUT2D eigenvalue weighted by atomic mass is 19.4. The van der Waals surface area contributed by atoms with E-state index in [-0.39, 0.29) is 18.7 Å². The van der Waals surface area contributed by atoms with E-state index in [0.717, 1.165) is 53.4 Å². The minimum atomic E-state index is -5.08. The Hall–Kier alpha value is -4.11. The number of nitrogens with two attached hydrogens (primary N) is 1. The lowest BCUT2D eigenvalue weighted by atomic mass is 10.1. The highest BCUT2D eigenvalue weighted by Gasteiger charge is 2.38. The van der Waals surface area contributed by atoms with Crippen LogP contribution in [0.5, 0.6) is 0 Å². The van der Waals surface area contributed by atoms with Crippen molar-refractivity contribution >= 4 is 11.7 Å². The number of carboxylic acids is 1. The Labute approximate surface area is 218 Å². The Bertz CT molecular complexity index is 1370. The summed E-state index contributed by atoms with van der Waals surface area (Å²) in [7, 11) is 0. The third-order valence-electron chi connectivity index (χ3n) is 5.69. The summed E-state index contributed by atoms with van der Waals surface area (Å²) in [5.74, 6) is -2.36. The van der Waals surface area contributed by atoms with Crippen LogP contribution >= 0.6 is 0 Å². The van der Waals surface area contributed by atoms with Gasteiger partial charge in [0, 0.05) is 42.7 Å². The van der Waals surface area contributed by atoms with Crippen LogP contribution in [0.4, 0.5) is 27.6 Å². The van der Waals surface area contributed by atoms with Crippen LogP contribution in [0.2, 0.25) is 0 Å². The van der Waals surface area contributed by atoms with E-state index in [1.807, 2.05) is 25.1 Å². The van der Waals surface area contributed by atoms with E-state index in [4.69, 9.17) is 20.4 Å². The van der Waals surface area contributed by atoms with Gasteiger partial charge in [0.15, 0.2) is 0 Å². The van der Waals surface area contributed by atoms with Gasteiger partial charge in [-0.05, 0) is 36.2 Å². The monoisotopic (exact) mass is 556 g/mol. The van der Waals surface area contributed by atoms with Crippen molar-refractivity contribution in [3.05, 3.63) is 70.6 Å². The molecule has 210 valence electrons. The smallest absolute Gasteiger partial charge is 0.475 e. The molecular formula is C24H25F5N6O4. The largest absolute Gasteiger partial charge is 0.490 e. The molecule has 0 bridgehead atoms. The number of halogens is 5. The number of aliphatic carboxylic acids is 1. The first-order valence-corrected chi connectivity index (χ1v) is 11.5. The number of nitrogens with zero attached hydrogens (tertiary/aromatic N) is 5. The number of morpholine rings is 1. The molecule has 0 unspecified atom stereocenters. The van der Waals surface area contributed by atoms with E-state index in [1.54, 1.807) is 6.20 Å². The number of hydrogen-bond acceptors (Lipinski definition) is 7. The molecule has 0 amide bonds. The van der Waals surface area contributed by atoms with Crippen LogP contribution in [0.25, 0.3) is 16.9 Å². The normalized spacial score (nSPS) is 13.5. The average molecular weight is 556 g/mol. The summed E-state index contributed by atoms with van der Waals surface area (Å²) in [5, 5.41) is 11.1. The molecule has 3 aromatic rings. The standard InChI is InChI=1S/C22H24F2N6O2.C2HF3O2/c1-15-10-17(16-2-4-19(5-3-16)28-6-8-32-9-7-28)12-26-21(15)29-14-27-30(22(29)31)13-18(11-25)20(23)24;3-2(4,5)1(6)7/h2-5,10,12,14H,6-9,11,13,25H2,1H3;(H,6,7). The second kappa shape index (κ2) is 12.6. The topological polar surface area (TPSA) is 128 Å². The molecular weight excluding hydrogens is 531 g/mol. The Morgan fingerprint density at radius 2 is 1.74 bits per heavy atom. The van der Waals surface area contributed by atoms with Crippen LogP contribution in [-0.2, 0) is 16.1 Å². The fourth-order valence-electron chi connectivity index (χ4n) is 3.64. The Morgan fingerprint density at radius 3 is 2.26 bits per heavy atom. The lowest BCUT2D eigenvalue weighted by molar-refractivity contribution is -0.192. The molecule has 2 aromatic heterocycles. The van der Waals surface area contributed by atoms with Gasteiger partial charge in [0.05, 0.1) is 19.8 Å². The van der Waals surface area contributed by atoms with Gasteiger partial charge in [-0.2, -0.15) is 27.1 Å². The van der Waals surface area contributed by atoms with Crippen LogP contribution in [0, 0.1) is 6.92 Å². The second-order valence-electron chi connectivity index (χ2n) is 8.32. The van der Waals surface area contributed by atoms with Crippen LogP contribution in [0.15, 0.2) is 59.3 Å². The zero-order valence-electron chi connectivity index (χ0n) is 20.7. The van der Waals surface area contributed by atoms with Crippen molar-refractivity contribution in [2.45, 2.75) is 19.6 Å². The van der Waals surface area contributed by atoms with Crippen molar-refractivity contribution < 1.29 is 36.6 Å². The minimum absolute atomic E-state index is 0.335. The van der Waals surface area contributed by atoms with E-state index < -0.39 is 23.9 Å². The second-order valence-corrected chi connectivity index (χ2v) is 8.32. The number of pyridine rings is 1. The molecule has 10 nitrogen and oxygen atoms in total. The number of alkyl halides is 3. The van der Waals surface area contributed by atoms with Crippen molar-refractivity contribution in [2.75, 3.05) is 37.7 Å². The van der Waals surface area contributed by atoms with Gasteiger partial charge in [-0.25, -0.2) is 23.8 Å². The van der Waals surface area contributed by atoms with Gasteiger partial charge in [-0.3, -0.25) is 0 Å². The summed E-state index contributed by atoms with van der Waals surface area (Å²) in [6.07, 6.45) is -4.02. The van der Waals surface area contributed by atoms with Gasteiger partial charge in [-0.1, -0.05) is 12.1 Å². The van der Waals surface area contributed by atoms with Crippen molar-refractivity contribution in [3.8, 4) is 16.9 Å². The summed E-state index contributed by atoms with van der Waals surface area (Å²) in [6.45, 7) is 4.33. The fraction of sp³-hybridized carbons (Fsp3) is 0.333. The summed E-state index contributed by atoms with van der Waals surface area (Å²) >= 11 is 0. The summed E-state index contributed by atoms with van der Waals surface area (Å²) in [4.78, 5) is 28.3. The SMILES string of the molecule is Cc1cc(-c2ccc(N3CCOCC3)cc2)cnc1-n1cnn(CC(CN)=C(F)F)c1=O.O=C(O)C(F)(F)F. The molecule has 1 aliphatic heterocycles. The van der Waals surface area contributed by atoms with Gasteiger partial charge in [-0.15, -0.1) is 0 Å². The van der Waals surface area contributed by atoms with Crippen LogP contribution in [0.1, 0.15) is 5.56 Å². The molecule has 1 aromatic carbocycles. The maximum atomic E-state index is 12.9. The Morgan fingerprint density at radius 1 is 1.13 bits per heavy atom. The first-order valence-electron chi connectivity index (χ1n) is 11.5. The van der Waals surface area contributed by atoms with Gasteiger partial charge < -0.3 is 20.5 Å². The van der Waals surface area contributed by atoms with E-state index >= 15 is 0 Å². The summed E-state index contributed by atoms with van der Waals surface area (Å²) in [5.41, 5.74) is 8.25. The molecule has 3 N–H and O–H groups in total. The molecule has 0 spiro atoms. The molecule has 39 heavy (non-hydrogen) atoms. The maximum absolute atomic E-state index is 12.9. The molecule has 15 heteroatoms. The number of ether oxygens (including phenoxy) is 1. The Balaban J connectivity index is 0.000000532. The lowest BCUT2D eigenvalue weighted by Gasteiger charge is -2.28. The number of hydrogen-bond donors (Lipinski definition) is 2. The molecule has 1 aliphatic rings. The predicted octanol–water partition coefficient (Wildman–Crippen LogP) is 2.98. The zero-order chi connectivity index (χ0) is 28.7. The van der Waals surface area contributed by atoms with Crippen molar-refractivity contribution in [1.29, 1.82) is 0 Å². The summed E-state index contributed by atoms with van der Waals surface area (Å²) < 4.78 is 65.1. The van der Waals surface area contributed by atoms with Gasteiger partial charge in [0.25, 0.3) is 6.08 Å². The van der Waals surface area contributed by atoms with Crippen molar-refractivity contribution in [3.63, 3.8) is 0 Å². The molecule has 0 radical (unpaired) electrons. The molecule has 3 heterocycles. The number of aryl methyl sites for hydroxylation is 1. The minimum Gasteiger partial charge on any atom is -0.475 e. The highest BCUT2D eigenvalue weighted by Crippen LogP contribution is 2.25. The third-order valence-corrected chi connectivity index (χ3v) is 5.69. The molecule has 0 saturated carbocycles. The van der Waals surface area contributed by atoms with Gasteiger partial charge in [0.2, 0.25) is 0 Å². The fourth-order valence-corrected chi connectivity index (χ4v) is 3.64. The van der Waals surface area contributed by atoms with Crippen LogP contribution in [-0.4, -0.2) is 69.4 Å². The number of benzene rings is 1. The summed E-state index contributed by atoms with van der Waals surface area (Å²) in [6, 6.07) is 10.2. The molecule has 1 saturated heterocycles. The van der Waals surface area contributed by atoms with Gasteiger partial charge >= 0.3 is 17.8 Å². The number of aromatic nitrogens is 4. The first-order chi connectivity index (χ1) is 18.4. The maximum Gasteiger partial charge on any atom is 0.490 e. The Kier molecular flexibility index (Phi) is 9.53. The molecule has 1 fully saturated rings. The first kappa shape index (κ1) is 29.4. The number of carboxylic acid groups (broad SMARTS) is 1. The molecule has 4 rings (SSSR count). The third kappa shape index (κ3) is 7.48. The zero-order valence-corrected chi connectivity index (χ0v) is 20.7. The number of anilines is 1. The molecule has 0 aliphatic carbocycles. The van der Waals surface area contributed by atoms with E-state index in [0.29, 0.717) is 5.82 Å². The van der Waals surface area contributed by atoms with Crippen molar-refractivity contribution in [1.82, 2.24) is 19.3 Å². The lowest BCUT2D eigenvalue weighted by Crippen LogP contribution is -2.36. The average Bonchev–Trinajstić information content (AvgIpc) is 3.26. The van der Waals surface area contributed by atoms with Gasteiger partial charge in [0.1, 0.15) is 12.1 Å². The van der Waals surface area contributed by atoms with Crippen LogP contribution in [0.3, 0.4) is 0 Å². The molecule has 0 atom stereocenters. The predicted molar refractivity (Wildman–Crippen MR) is 131 cm³/mol. The quantitative estimate of drug-likeness (QED) is 0.444. The van der Waals surface area contributed by atoms with E-state index in [1.165, 1.54) is 10.9 Å². The highest BCUT2D eigenvalue weighted by molar-refractivity contribution is 5.73. The van der Waals surface area contributed by atoms with E-state index in [9.17, 15) is 26.7 Å². The van der Waals surface area contributed by atoms with Crippen molar-refractivity contribution in [2.24, 2.45) is 5.73 Å². The number of rotatable bonds is 6.